The zero-order valence-corrected chi connectivity index (χ0v) is 30.7. The third-order valence-electron chi connectivity index (χ3n) is 9.92. The zero-order chi connectivity index (χ0) is 34.9. The van der Waals surface area contributed by atoms with Crippen molar-refractivity contribution in [2.24, 2.45) is 41.2 Å². The number of carbonyl (C=O) groups is 3. The molecule has 2 atom stereocenters. The second kappa shape index (κ2) is 26.1. The summed E-state index contributed by atoms with van der Waals surface area (Å²) < 4.78 is 21.5. The Morgan fingerprint density at radius 3 is 1.29 bits per heavy atom. The molecule has 0 aromatic rings. The van der Waals surface area contributed by atoms with Crippen LogP contribution in [-0.2, 0) is 33.3 Å². The summed E-state index contributed by atoms with van der Waals surface area (Å²) in [6, 6.07) is 0. The first-order chi connectivity index (χ1) is 24.0. The molecule has 0 aromatic carbocycles. The Kier molecular flexibility index (Phi) is 22.1. The second-order valence-corrected chi connectivity index (χ2v) is 14.6. The molecule has 0 spiro atoms. The highest BCUT2D eigenvalue weighted by atomic mass is 16.5. The van der Waals surface area contributed by atoms with Gasteiger partial charge >= 0.3 is 0 Å². The molecule has 0 radical (unpaired) electrons. The number of ether oxygens (including phenoxy) is 4. The van der Waals surface area contributed by atoms with Crippen LogP contribution in [0.3, 0.4) is 0 Å². The number of amides is 3. The van der Waals surface area contributed by atoms with Gasteiger partial charge in [-0.25, -0.2) is 0 Å². The maximum atomic E-state index is 12.4. The van der Waals surface area contributed by atoms with Crippen LogP contribution in [0.1, 0.15) is 110 Å². The zero-order valence-electron chi connectivity index (χ0n) is 30.7. The molecular weight excluding hydrogens is 624 g/mol. The molecule has 0 aliphatic heterocycles. The SMILES string of the molecule is CC(=O)NCCOCCOCCNC(=O)C(CCCCC1CC1)C1CC1.NCCOCCOCCNC(=O)C(CCCCC1CC1)C1CC1. The van der Waals surface area contributed by atoms with Gasteiger partial charge in [0, 0.05) is 44.9 Å². The molecule has 3 amide bonds. The topological polar surface area (TPSA) is 150 Å². The number of unbranched alkanes of at least 4 members (excludes halogenated alkanes) is 2. The molecule has 0 bridgehead atoms. The summed E-state index contributed by atoms with van der Waals surface area (Å²) in [5.41, 5.74) is 5.33. The van der Waals surface area contributed by atoms with Crippen molar-refractivity contribution < 1.29 is 33.3 Å². The van der Waals surface area contributed by atoms with E-state index < -0.39 is 0 Å². The summed E-state index contributed by atoms with van der Waals surface area (Å²) in [6.45, 7) is 7.97. The minimum atomic E-state index is -0.0481. The van der Waals surface area contributed by atoms with E-state index in [-0.39, 0.29) is 29.6 Å². The fourth-order valence-electron chi connectivity index (χ4n) is 6.35. The quantitative estimate of drug-likeness (QED) is 0.0783. The van der Waals surface area contributed by atoms with Gasteiger partial charge in [0.25, 0.3) is 0 Å². The van der Waals surface area contributed by atoms with Crippen molar-refractivity contribution >= 4 is 17.7 Å². The van der Waals surface area contributed by atoms with Gasteiger partial charge < -0.3 is 40.6 Å². The summed E-state index contributed by atoms with van der Waals surface area (Å²) in [7, 11) is 0. The largest absolute Gasteiger partial charge is 0.378 e. The van der Waals surface area contributed by atoms with Crippen molar-refractivity contribution in [1.29, 1.82) is 0 Å². The molecule has 4 aliphatic carbocycles. The van der Waals surface area contributed by atoms with Gasteiger partial charge in [-0.15, -0.1) is 0 Å². The van der Waals surface area contributed by atoms with Crippen LogP contribution >= 0.6 is 0 Å². The van der Waals surface area contributed by atoms with Crippen molar-refractivity contribution in [2.45, 2.75) is 110 Å². The van der Waals surface area contributed by atoms with E-state index in [1.807, 2.05) is 0 Å². The van der Waals surface area contributed by atoms with Crippen LogP contribution in [0.15, 0.2) is 0 Å². The van der Waals surface area contributed by atoms with E-state index in [9.17, 15) is 14.4 Å². The molecule has 0 aromatic heterocycles. The normalized spacial score (nSPS) is 18.2. The van der Waals surface area contributed by atoms with Crippen LogP contribution in [0.4, 0.5) is 0 Å². The first-order valence-corrected chi connectivity index (χ1v) is 19.8. The molecule has 0 heterocycles. The Balaban J connectivity index is 0.000000267. The van der Waals surface area contributed by atoms with E-state index in [1.165, 1.54) is 96.8 Å². The highest BCUT2D eigenvalue weighted by Gasteiger charge is 2.36. The first-order valence-electron chi connectivity index (χ1n) is 19.8. The van der Waals surface area contributed by atoms with E-state index >= 15 is 0 Å². The van der Waals surface area contributed by atoms with Gasteiger partial charge in [0.2, 0.25) is 17.7 Å². The fourth-order valence-corrected chi connectivity index (χ4v) is 6.35. The smallest absolute Gasteiger partial charge is 0.223 e. The predicted molar refractivity (Wildman–Crippen MR) is 192 cm³/mol. The van der Waals surface area contributed by atoms with Gasteiger partial charge in [0.15, 0.2) is 0 Å². The molecule has 0 saturated heterocycles. The highest BCUT2D eigenvalue weighted by Crippen LogP contribution is 2.41. The molecule has 284 valence electrons. The van der Waals surface area contributed by atoms with Gasteiger partial charge in [0.1, 0.15) is 0 Å². The Morgan fingerprint density at radius 2 is 0.939 bits per heavy atom. The molecule has 49 heavy (non-hydrogen) atoms. The molecule has 4 fully saturated rings. The number of hydrogen-bond donors (Lipinski definition) is 4. The minimum Gasteiger partial charge on any atom is -0.378 e. The molecule has 11 heteroatoms. The molecule has 5 N–H and O–H groups in total. The van der Waals surface area contributed by atoms with Crippen molar-refractivity contribution in [3.63, 3.8) is 0 Å². The third kappa shape index (κ3) is 22.6. The Hall–Kier alpha value is -1.79. The van der Waals surface area contributed by atoms with Gasteiger partial charge in [-0.3, -0.25) is 14.4 Å². The van der Waals surface area contributed by atoms with Crippen molar-refractivity contribution in [3.05, 3.63) is 0 Å². The lowest BCUT2D eigenvalue weighted by Gasteiger charge is -2.16. The van der Waals surface area contributed by atoms with Crippen molar-refractivity contribution in [1.82, 2.24) is 16.0 Å². The Bertz CT molecular complexity index is 893. The lowest BCUT2D eigenvalue weighted by atomic mass is 9.95. The molecule has 4 aliphatic rings. The van der Waals surface area contributed by atoms with Gasteiger partial charge in [-0.05, 0) is 62.2 Å². The van der Waals surface area contributed by atoms with Gasteiger partial charge in [0.05, 0.1) is 52.9 Å². The minimum absolute atomic E-state index is 0.0481. The Labute approximate surface area is 296 Å². The number of carbonyl (C=O) groups excluding carboxylic acids is 3. The van der Waals surface area contributed by atoms with Crippen LogP contribution in [-0.4, -0.2) is 96.8 Å². The maximum Gasteiger partial charge on any atom is 0.223 e. The molecule has 2 unspecified atom stereocenters. The summed E-state index contributed by atoms with van der Waals surface area (Å²) in [4.78, 5) is 35.4. The average Bonchev–Trinajstić information content (AvgIpc) is 3.87. The van der Waals surface area contributed by atoms with Crippen molar-refractivity contribution in [2.75, 3.05) is 79.0 Å². The highest BCUT2D eigenvalue weighted by molar-refractivity contribution is 5.79. The number of nitrogens with one attached hydrogen (secondary N) is 3. The van der Waals surface area contributed by atoms with E-state index in [0.29, 0.717) is 90.9 Å². The van der Waals surface area contributed by atoms with Gasteiger partial charge in [-0.2, -0.15) is 0 Å². The summed E-state index contributed by atoms with van der Waals surface area (Å²) >= 11 is 0. The lowest BCUT2D eigenvalue weighted by molar-refractivity contribution is -0.127. The first kappa shape index (κ1) is 41.6. The van der Waals surface area contributed by atoms with E-state index in [1.54, 1.807) is 0 Å². The van der Waals surface area contributed by atoms with Crippen LogP contribution < -0.4 is 21.7 Å². The fraction of sp³-hybridized carbons (Fsp3) is 0.921. The van der Waals surface area contributed by atoms with Crippen LogP contribution in [0.25, 0.3) is 0 Å². The van der Waals surface area contributed by atoms with E-state index in [2.05, 4.69) is 16.0 Å². The Morgan fingerprint density at radius 1 is 0.551 bits per heavy atom. The standard InChI is InChI=1S/C20H36N2O4.C18H34N2O3/c1-16(23)21-10-12-25-14-15-26-13-11-22-20(24)19(18-8-9-18)5-3-2-4-17-6-7-17;19-9-11-22-13-14-23-12-10-20-18(21)17(16-7-8-16)4-2-1-3-15-5-6-15/h17-19H,2-15H2,1H3,(H,21,23)(H,22,24);15-17H,1-14,19H2,(H,20,21). The van der Waals surface area contributed by atoms with Crippen LogP contribution in [0.2, 0.25) is 0 Å². The van der Waals surface area contributed by atoms with E-state index in [0.717, 1.165) is 24.7 Å². The van der Waals surface area contributed by atoms with Gasteiger partial charge in [-0.1, -0.05) is 64.2 Å². The van der Waals surface area contributed by atoms with Crippen LogP contribution in [0.5, 0.6) is 0 Å². The third-order valence-corrected chi connectivity index (χ3v) is 9.92. The predicted octanol–water partition coefficient (Wildman–Crippen LogP) is 4.36. The number of nitrogens with two attached hydrogens (primary N) is 1. The molecule has 11 nitrogen and oxygen atoms in total. The number of hydrogen-bond acceptors (Lipinski definition) is 8. The van der Waals surface area contributed by atoms with Crippen molar-refractivity contribution in [3.8, 4) is 0 Å². The molecule has 4 saturated carbocycles. The lowest BCUT2D eigenvalue weighted by Crippen LogP contribution is -2.34. The maximum absolute atomic E-state index is 12.4. The van der Waals surface area contributed by atoms with E-state index in [4.69, 9.17) is 24.7 Å². The second-order valence-electron chi connectivity index (χ2n) is 14.6. The molecule has 4 rings (SSSR count). The summed E-state index contributed by atoms with van der Waals surface area (Å²) in [5.74, 6) is 4.12. The molecular formula is C38H70N4O7. The number of rotatable bonds is 31. The summed E-state index contributed by atoms with van der Waals surface area (Å²) in [6.07, 6.45) is 20.4. The average molecular weight is 695 g/mol. The van der Waals surface area contributed by atoms with Crippen LogP contribution in [0, 0.1) is 35.5 Å². The monoisotopic (exact) mass is 695 g/mol. The summed E-state index contributed by atoms with van der Waals surface area (Å²) in [5, 5.41) is 8.75.